The Morgan fingerprint density at radius 2 is 1.91 bits per heavy atom. The lowest BCUT2D eigenvalue weighted by molar-refractivity contribution is -0.384. The Hall–Kier alpha value is -2.60. The lowest BCUT2D eigenvalue weighted by Gasteiger charge is -2.15. The quantitative estimate of drug-likeness (QED) is 0.662. The van der Waals surface area contributed by atoms with Gasteiger partial charge < -0.3 is 10.1 Å². The van der Waals surface area contributed by atoms with Crippen molar-refractivity contribution in [3.05, 3.63) is 63.2 Å². The van der Waals surface area contributed by atoms with Crippen molar-refractivity contribution in [2.24, 2.45) is 0 Å². The lowest BCUT2D eigenvalue weighted by atomic mass is 10.00. The largest absolute Gasteiger partial charge is 0.495 e. The Morgan fingerprint density at radius 1 is 1.26 bits per heavy atom. The molecule has 6 nitrogen and oxygen atoms in total. The second-order valence-corrected chi connectivity index (χ2v) is 5.34. The van der Waals surface area contributed by atoms with E-state index in [0.29, 0.717) is 22.0 Å². The molecule has 23 heavy (non-hydrogen) atoms. The van der Waals surface area contributed by atoms with Gasteiger partial charge in [0.2, 0.25) is 5.91 Å². The van der Waals surface area contributed by atoms with Crippen LogP contribution in [0.25, 0.3) is 0 Å². The van der Waals surface area contributed by atoms with E-state index in [0.717, 1.165) is 0 Å². The van der Waals surface area contributed by atoms with Crippen LogP contribution in [0.5, 0.6) is 5.75 Å². The average molecular weight is 335 g/mol. The molecule has 120 valence electrons. The standard InChI is InChI=1S/C16H15ClN2O4/c1-10(11-3-6-13(7-4-11)19(21)22)16(20)18-14-9-12(17)5-8-15(14)23-2/h3-10H,1-2H3,(H,18,20). The van der Waals surface area contributed by atoms with Crippen molar-refractivity contribution in [1.82, 2.24) is 0 Å². The molecule has 1 unspecified atom stereocenters. The third-order valence-electron chi connectivity index (χ3n) is 3.42. The first-order chi connectivity index (χ1) is 10.9. The molecule has 2 aromatic carbocycles. The number of halogens is 1. The molecule has 1 amide bonds. The molecule has 0 spiro atoms. The number of carbonyl (C=O) groups excluding carboxylic acids is 1. The second-order valence-electron chi connectivity index (χ2n) is 4.90. The minimum atomic E-state index is -0.487. The van der Waals surface area contributed by atoms with Gasteiger partial charge in [-0.05, 0) is 30.7 Å². The third-order valence-corrected chi connectivity index (χ3v) is 3.65. The summed E-state index contributed by atoms with van der Waals surface area (Å²) in [6, 6.07) is 10.8. The minimum absolute atomic E-state index is 0.0159. The molecule has 0 aliphatic heterocycles. The lowest BCUT2D eigenvalue weighted by Crippen LogP contribution is -2.19. The summed E-state index contributed by atoms with van der Waals surface area (Å²) < 4.78 is 5.18. The van der Waals surface area contributed by atoms with Crippen molar-refractivity contribution < 1.29 is 14.5 Å². The van der Waals surface area contributed by atoms with Crippen LogP contribution < -0.4 is 10.1 Å². The predicted molar refractivity (Wildman–Crippen MR) is 88.1 cm³/mol. The molecule has 0 aliphatic rings. The van der Waals surface area contributed by atoms with E-state index in [1.807, 2.05) is 0 Å². The first-order valence-corrected chi connectivity index (χ1v) is 7.19. The number of non-ortho nitro benzene ring substituents is 1. The fraction of sp³-hybridized carbons (Fsp3) is 0.188. The zero-order valence-corrected chi connectivity index (χ0v) is 13.3. The molecule has 2 aromatic rings. The van der Waals surface area contributed by atoms with Crippen LogP contribution in [0.2, 0.25) is 5.02 Å². The van der Waals surface area contributed by atoms with Gasteiger partial charge in [0, 0.05) is 17.2 Å². The fourth-order valence-corrected chi connectivity index (χ4v) is 2.23. The SMILES string of the molecule is COc1ccc(Cl)cc1NC(=O)C(C)c1ccc([N+](=O)[O-])cc1. The van der Waals surface area contributed by atoms with Gasteiger partial charge in [-0.3, -0.25) is 14.9 Å². The first-order valence-electron chi connectivity index (χ1n) is 6.81. The summed E-state index contributed by atoms with van der Waals surface area (Å²) in [6.45, 7) is 1.72. The highest BCUT2D eigenvalue weighted by atomic mass is 35.5. The monoisotopic (exact) mass is 334 g/mol. The number of carbonyl (C=O) groups is 1. The normalized spacial score (nSPS) is 11.6. The Morgan fingerprint density at radius 3 is 2.48 bits per heavy atom. The first kappa shape index (κ1) is 16.8. The predicted octanol–water partition coefficient (Wildman–Crippen LogP) is 4.00. The van der Waals surface area contributed by atoms with Gasteiger partial charge in [-0.2, -0.15) is 0 Å². The highest BCUT2D eigenvalue weighted by Crippen LogP contribution is 2.29. The van der Waals surface area contributed by atoms with Gasteiger partial charge in [0.05, 0.1) is 23.6 Å². The number of hydrogen-bond donors (Lipinski definition) is 1. The molecule has 0 heterocycles. The van der Waals surface area contributed by atoms with Gasteiger partial charge in [-0.25, -0.2) is 0 Å². The van der Waals surface area contributed by atoms with Crippen LogP contribution in [0.4, 0.5) is 11.4 Å². The van der Waals surface area contributed by atoms with Gasteiger partial charge in [-0.1, -0.05) is 23.7 Å². The second kappa shape index (κ2) is 7.11. The van der Waals surface area contributed by atoms with Crippen LogP contribution in [0.3, 0.4) is 0 Å². The molecule has 0 aliphatic carbocycles. The van der Waals surface area contributed by atoms with E-state index in [1.165, 1.54) is 19.2 Å². The molecule has 2 rings (SSSR count). The summed E-state index contributed by atoms with van der Waals surface area (Å²) >= 11 is 5.93. The Kier molecular flexibility index (Phi) is 5.18. The van der Waals surface area contributed by atoms with E-state index >= 15 is 0 Å². The molecule has 0 radical (unpaired) electrons. The smallest absolute Gasteiger partial charge is 0.269 e. The van der Waals surface area contributed by atoms with Gasteiger partial charge in [0.15, 0.2) is 0 Å². The number of nitro groups is 1. The number of nitro benzene ring substituents is 1. The molecule has 1 atom stereocenters. The van der Waals surface area contributed by atoms with E-state index in [9.17, 15) is 14.9 Å². The van der Waals surface area contributed by atoms with Crippen molar-refractivity contribution in [3.63, 3.8) is 0 Å². The zero-order chi connectivity index (χ0) is 17.0. The molecule has 7 heteroatoms. The summed E-state index contributed by atoms with van der Waals surface area (Å²) in [5, 5.41) is 13.9. The van der Waals surface area contributed by atoms with Crippen molar-refractivity contribution in [2.75, 3.05) is 12.4 Å². The topological polar surface area (TPSA) is 81.5 Å². The number of nitrogens with one attached hydrogen (secondary N) is 1. The number of ether oxygens (including phenoxy) is 1. The summed E-state index contributed by atoms with van der Waals surface area (Å²) in [6.07, 6.45) is 0. The van der Waals surface area contributed by atoms with E-state index in [1.54, 1.807) is 37.3 Å². The van der Waals surface area contributed by atoms with E-state index in [4.69, 9.17) is 16.3 Å². The van der Waals surface area contributed by atoms with Crippen LogP contribution in [-0.2, 0) is 4.79 Å². The maximum Gasteiger partial charge on any atom is 0.269 e. The van der Waals surface area contributed by atoms with E-state index in [-0.39, 0.29) is 11.6 Å². The van der Waals surface area contributed by atoms with Crippen LogP contribution >= 0.6 is 11.6 Å². The molecular formula is C16H15ClN2O4. The Balaban J connectivity index is 2.17. The molecule has 0 saturated heterocycles. The maximum absolute atomic E-state index is 12.4. The molecule has 0 bridgehead atoms. The van der Waals surface area contributed by atoms with E-state index < -0.39 is 10.8 Å². The van der Waals surface area contributed by atoms with Crippen LogP contribution in [0.1, 0.15) is 18.4 Å². The number of amides is 1. The number of benzene rings is 2. The molecular weight excluding hydrogens is 320 g/mol. The van der Waals surface area contributed by atoms with Gasteiger partial charge in [0.25, 0.3) is 5.69 Å². The molecule has 0 aromatic heterocycles. The number of anilines is 1. The van der Waals surface area contributed by atoms with Crippen molar-refractivity contribution in [1.29, 1.82) is 0 Å². The van der Waals surface area contributed by atoms with Crippen molar-refractivity contribution >= 4 is 28.9 Å². The molecule has 0 fully saturated rings. The fourth-order valence-electron chi connectivity index (χ4n) is 2.05. The summed E-state index contributed by atoms with van der Waals surface area (Å²) in [5.41, 5.74) is 1.13. The summed E-state index contributed by atoms with van der Waals surface area (Å²) in [5.74, 6) is -0.252. The van der Waals surface area contributed by atoms with Gasteiger partial charge in [0.1, 0.15) is 5.75 Å². The highest BCUT2D eigenvalue weighted by Gasteiger charge is 2.18. The number of hydrogen-bond acceptors (Lipinski definition) is 4. The zero-order valence-electron chi connectivity index (χ0n) is 12.6. The number of rotatable bonds is 5. The van der Waals surface area contributed by atoms with Gasteiger partial charge >= 0.3 is 0 Å². The summed E-state index contributed by atoms with van der Waals surface area (Å²) in [7, 11) is 1.50. The van der Waals surface area contributed by atoms with Crippen molar-refractivity contribution in [2.45, 2.75) is 12.8 Å². The van der Waals surface area contributed by atoms with Gasteiger partial charge in [-0.15, -0.1) is 0 Å². The van der Waals surface area contributed by atoms with Crippen LogP contribution in [0, 0.1) is 10.1 Å². The third kappa shape index (κ3) is 3.98. The Labute approximate surface area is 138 Å². The van der Waals surface area contributed by atoms with Crippen molar-refractivity contribution in [3.8, 4) is 5.75 Å². The number of methoxy groups -OCH3 is 1. The summed E-state index contributed by atoms with van der Waals surface area (Å²) in [4.78, 5) is 22.5. The Bertz CT molecular complexity index is 731. The molecule has 1 N–H and O–H groups in total. The minimum Gasteiger partial charge on any atom is -0.495 e. The highest BCUT2D eigenvalue weighted by molar-refractivity contribution is 6.31. The molecule has 0 saturated carbocycles. The van der Waals surface area contributed by atoms with E-state index in [2.05, 4.69) is 5.32 Å². The van der Waals surface area contributed by atoms with Crippen LogP contribution in [0.15, 0.2) is 42.5 Å². The number of nitrogens with zero attached hydrogens (tertiary/aromatic N) is 1. The van der Waals surface area contributed by atoms with Crippen LogP contribution in [-0.4, -0.2) is 17.9 Å². The average Bonchev–Trinajstić information content (AvgIpc) is 2.54. The maximum atomic E-state index is 12.4.